The molecule has 2 aliphatic rings. The fourth-order valence-corrected chi connectivity index (χ4v) is 3.99. The third-order valence-electron chi connectivity index (χ3n) is 5.65. The van der Waals surface area contributed by atoms with E-state index in [9.17, 15) is 4.39 Å². The van der Waals surface area contributed by atoms with Gasteiger partial charge in [-0.25, -0.2) is 9.37 Å². The molecule has 6 nitrogen and oxygen atoms in total. The number of halogens is 1. The van der Waals surface area contributed by atoms with Gasteiger partial charge in [-0.15, -0.1) is 10.2 Å². The molecule has 0 radical (unpaired) electrons. The van der Waals surface area contributed by atoms with Crippen LogP contribution in [0.4, 0.5) is 4.39 Å². The Hall–Kier alpha value is -3.48. The normalized spacial score (nSPS) is 22.2. The minimum atomic E-state index is -2.57. The monoisotopic (exact) mass is 406 g/mol. The van der Waals surface area contributed by atoms with Crippen molar-refractivity contribution >= 4 is 0 Å². The minimum Gasteiger partial charge on any atom is -0.495 e. The van der Waals surface area contributed by atoms with Gasteiger partial charge in [0.05, 0.1) is 23.0 Å². The van der Waals surface area contributed by atoms with Crippen molar-refractivity contribution in [2.45, 2.75) is 24.8 Å². The zero-order valence-electron chi connectivity index (χ0n) is 19.1. The van der Waals surface area contributed by atoms with E-state index in [4.69, 9.17) is 8.85 Å². The number of hydrogen-bond donors (Lipinski definition) is 0. The summed E-state index contributed by atoms with van der Waals surface area (Å²) in [4.78, 5) is 6.61. The molecule has 3 heterocycles. The molecule has 0 amide bonds. The van der Waals surface area contributed by atoms with E-state index in [0.717, 1.165) is 19.4 Å². The number of allylic oxidation sites excluding steroid dienone is 2. The van der Waals surface area contributed by atoms with Crippen LogP contribution in [0.2, 0.25) is 0 Å². The second-order valence-electron chi connectivity index (χ2n) is 7.44. The van der Waals surface area contributed by atoms with E-state index in [1.807, 2.05) is 12.2 Å². The standard InChI is InChI=1S/C23H22FN5O/c1-30-18-9-10-20(25-15-18)23-27-26-22(29(23)21-8-4-3-7-19(21)24)16-13-17(14-16)28-11-5-2-6-12-28/h2-11,15-17H,12-14H2,1H3/i1D3. The van der Waals surface area contributed by atoms with E-state index in [0.29, 0.717) is 29.1 Å². The number of ether oxygens (including phenoxy) is 1. The van der Waals surface area contributed by atoms with Gasteiger partial charge in [-0.2, -0.15) is 0 Å². The lowest BCUT2D eigenvalue weighted by molar-refractivity contribution is 0.165. The number of nitrogens with zero attached hydrogens (tertiary/aromatic N) is 5. The molecule has 0 spiro atoms. The zero-order valence-corrected chi connectivity index (χ0v) is 16.1. The van der Waals surface area contributed by atoms with Gasteiger partial charge in [-0.05, 0) is 49.4 Å². The first-order valence-corrected chi connectivity index (χ1v) is 9.84. The fraction of sp³-hybridized carbons (Fsp3) is 0.261. The van der Waals surface area contributed by atoms with Gasteiger partial charge >= 0.3 is 0 Å². The third kappa shape index (κ3) is 3.26. The van der Waals surface area contributed by atoms with Crippen molar-refractivity contribution in [2.75, 3.05) is 13.6 Å². The SMILES string of the molecule is [2H]C([2H])([2H])Oc1ccc(-c2nnc(C3CC(N4C=CC=CC4)C3)n2-c2ccccc2F)nc1. The summed E-state index contributed by atoms with van der Waals surface area (Å²) >= 11 is 0. The number of aromatic nitrogens is 4. The molecule has 3 aromatic rings. The van der Waals surface area contributed by atoms with Crippen molar-refractivity contribution in [3.8, 4) is 23.0 Å². The van der Waals surface area contributed by atoms with Crippen LogP contribution >= 0.6 is 0 Å². The summed E-state index contributed by atoms with van der Waals surface area (Å²) in [5, 5.41) is 8.77. The average Bonchev–Trinajstić information content (AvgIpc) is 3.17. The van der Waals surface area contributed by atoms with Crippen molar-refractivity contribution < 1.29 is 13.2 Å². The average molecular weight is 406 g/mol. The molecule has 1 aromatic carbocycles. The van der Waals surface area contributed by atoms with E-state index >= 15 is 0 Å². The molecule has 1 aliphatic heterocycles. The highest BCUT2D eigenvalue weighted by atomic mass is 19.1. The number of methoxy groups -OCH3 is 1. The molecule has 1 saturated carbocycles. The molecule has 1 aliphatic carbocycles. The summed E-state index contributed by atoms with van der Waals surface area (Å²) in [6.07, 6.45) is 11.4. The highest BCUT2D eigenvalue weighted by molar-refractivity contribution is 5.55. The molecule has 30 heavy (non-hydrogen) atoms. The molecule has 1 fully saturated rings. The van der Waals surface area contributed by atoms with E-state index in [1.54, 1.807) is 28.8 Å². The lowest BCUT2D eigenvalue weighted by atomic mass is 9.78. The maximum Gasteiger partial charge on any atom is 0.187 e. The number of rotatable bonds is 5. The molecular weight excluding hydrogens is 381 g/mol. The van der Waals surface area contributed by atoms with Gasteiger partial charge in [0, 0.05) is 18.5 Å². The Kier molecular flexibility index (Phi) is 3.97. The quantitative estimate of drug-likeness (QED) is 0.638. The van der Waals surface area contributed by atoms with Crippen molar-refractivity contribution in [1.82, 2.24) is 24.6 Å². The summed E-state index contributed by atoms with van der Waals surface area (Å²) in [7, 11) is -2.57. The maximum atomic E-state index is 14.8. The first kappa shape index (κ1) is 15.4. The molecule has 0 unspecified atom stereocenters. The largest absolute Gasteiger partial charge is 0.495 e. The summed E-state index contributed by atoms with van der Waals surface area (Å²) in [6.45, 7) is 0.883. The summed E-state index contributed by atoms with van der Waals surface area (Å²) in [5.74, 6) is 0.934. The Morgan fingerprint density at radius 3 is 2.77 bits per heavy atom. The van der Waals surface area contributed by atoms with Crippen LogP contribution in [-0.2, 0) is 0 Å². The zero-order chi connectivity index (χ0) is 23.0. The first-order chi connectivity index (χ1) is 15.9. The van der Waals surface area contributed by atoms with Crippen LogP contribution in [0.25, 0.3) is 17.2 Å². The van der Waals surface area contributed by atoms with Crippen LogP contribution in [0.1, 0.15) is 28.7 Å². The Morgan fingerprint density at radius 2 is 2.03 bits per heavy atom. The van der Waals surface area contributed by atoms with E-state index in [-0.39, 0.29) is 17.5 Å². The van der Waals surface area contributed by atoms with E-state index in [1.165, 1.54) is 18.3 Å². The van der Waals surface area contributed by atoms with Gasteiger partial charge in [0.25, 0.3) is 0 Å². The van der Waals surface area contributed by atoms with Crippen molar-refractivity contribution in [2.24, 2.45) is 0 Å². The van der Waals surface area contributed by atoms with Gasteiger partial charge < -0.3 is 9.64 Å². The topological polar surface area (TPSA) is 56.1 Å². The number of benzene rings is 1. The minimum absolute atomic E-state index is 0.112. The molecule has 0 N–H and O–H groups in total. The van der Waals surface area contributed by atoms with Crippen LogP contribution in [0.5, 0.6) is 5.75 Å². The highest BCUT2D eigenvalue weighted by Crippen LogP contribution is 2.41. The summed E-state index contributed by atoms with van der Waals surface area (Å²) in [6, 6.07) is 9.99. The van der Waals surface area contributed by atoms with Crippen molar-refractivity contribution in [3.63, 3.8) is 0 Å². The maximum absolute atomic E-state index is 14.8. The van der Waals surface area contributed by atoms with E-state index < -0.39 is 7.04 Å². The lowest BCUT2D eigenvalue weighted by Gasteiger charge is -2.42. The molecule has 5 rings (SSSR count). The molecule has 7 heteroatoms. The van der Waals surface area contributed by atoms with Crippen molar-refractivity contribution in [3.05, 3.63) is 78.7 Å². The second kappa shape index (κ2) is 7.74. The Bertz CT molecular complexity index is 1200. The molecule has 0 bridgehead atoms. The molecule has 152 valence electrons. The third-order valence-corrected chi connectivity index (χ3v) is 5.65. The fourth-order valence-electron chi connectivity index (χ4n) is 3.99. The van der Waals surface area contributed by atoms with Crippen molar-refractivity contribution in [1.29, 1.82) is 0 Å². The first-order valence-electron chi connectivity index (χ1n) is 11.3. The van der Waals surface area contributed by atoms with Crippen LogP contribution in [0.15, 0.2) is 67.0 Å². The molecular formula is C23H22FN5O. The summed E-state index contributed by atoms with van der Waals surface area (Å²) < 4.78 is 43.1. The Balaban J connectivity index is 1.47. The van der Waals surface area contributed by atoms with E-state index in [2.05, 4.69) is 32.4 Å². The summed E-state index contributed by atoms with van der Waals surface area (Å²) in [5.41, 5.74) is 0.788. The van der Waals surface area contributed by atoms with Crippen LogP contribution in [0, 0.1) is 5.82 Å². The molecule has 2 aromatic heterocycles. The van der Waals surface area contributed by atoms with Crippen LogP contribution in [0.3, 0.4) is 0 Å². The van der Waals surface area contributed by atoms with Gasteiger partial charge in [0.2, 0.25) is 0 Å². The number of pyridine rings is 1. The number of para-hydroxylation sites is 1. The predicted octanol–water partition coefficient (Wildman–Crippen LogP) is 4.11. The highest BCUT2D eigenvalue weighted by Gasteiger charge is 2.37. The smallest absolute Gasteiger partial charge is 0.187 e. The Labute approximate surface area is 178 Å². The molecule has 0 atom stereocenters. The van der Waals surface area contributed by atoms with Gasteiger partial charge in [0.15, 0.2) is 5.82 Å². The van der Waals surface area contributed by atoms with Gasteiger partial charge in [0.1, 0.15) is 23.1 Å². The van der Waals surface area contributed by atoms with Crippen LogP contribution in [-0.4, -0.2) is 44.3 Å². The Morgan fingerprint density at radius 1 is 1.13 bits per heavy atom. The second-order valence-corrected chi connectivity index (χ2v) is 7.44. The lowest BCUT2D eigenvalue weighted by Crippen LogP contribution is -2.42. The van der Waals surface area contributed by atoms with Gasteiger partial charge in [-0.3, -0.25) is 4.57 Å². The number of hydrogen-bond acceptors (Lipinski definition) is 5. The van der Waals surface area contributed by atoms with Crippen LogP contribution < -0.4 is 4.74 Å². The van der Waals surface area contributed by atoms with Gasteiger partial charge in [-0.1, -0.05) is 24.3 Å². The molecule has 0 saturated heterocycles. The predicted molar refractivity (Wildman–Crippen MR) is 112 cm³/mol.